The first kappa shape index (κ1) is 10.3. The highest BCUT2D eigenvalue weighted by Gasteiger charge is 2.19. The Morgan fingerprint density at radius 2 is 2.08 bits per heavy atom. The molecule has 0 aliphatic carbocycles. The number of nitrogens with zero attached hydrogens (tertiary/aromatic N) is 2. The lowest BCUT2D eigenvalue weighted by molar-refractivity contribution is 0.114. The lowest BCUT2D eigenvalue weighted by Gasteiger charge is -2.09. The molecule has 0 bridgehead atoms. The van der Waals surface area contributed by atoms with Gasteiger partial charge in [0.05, 0.1) is 5.69 Å². The van der Waals surface area contributed by atoms with Crippen LogP contribution in [0.1, 0.15) is 17.4 Å². The van der Waals surface area contributed by atoms with Crippen LogP contribution < -0.4 is 5.73 Å². The molecule has 6 heteroatoms. The van der Waals surface area contributed by atoms with E-state index in [1.165, 1.54) is 6.07 Å². The topological polar surface area (TPSA) is 51.8 Å². The normalized spacial score (nSPS) is 13.4. The molecule has 0 saturated carbocycles. The van der Waals surface area contributed by atoms with Crippen molar-refractivity contribution in [2.24, 2.45) is 5.73 Å². The number of halogens is 3. The fraction of sp³-hybridized carbons (Fsp3) is 0.429. The van der Waals surface area contributed by atoms with E-state index in [4.69, 9.17) is 17.3 Å². The Kier molecular flexibility index (Phi) is 3.11. The Labute approximate surface area is 78.9 Å². The third kappa shape index (κ3) is 2.57. The summed E-state index contributed by atoms with van der Waals surface area (Å²) < 4.78 is 24.3. The van der Waals surface area contributed by atoms with E-state index in [1.807, 2.05) is 0 Å². The molecule has 0 saturated heterocycles. The molecule has 0 aromatic carbocycles. The van der Waals surface area contributed by atoms with Gasteiger partial charge in [-0.05, 0) is 24.6 Å². The molecule has 0 spiro atoms. The highest BCUT2D eigenvalue weighted by Crippen LogP contribution is 2.17. The Hall–Kier alpha value is -0.810. The second-order valence-corrected chi connectivity index (χ2v) is 2.90. The van der Waals surface area contributed by atoms with Gasteiger partial charge in [0.2, 0.25) is 5.28 Å². The van der Waals surface area contributed by atoms with Crippen LogP contribution in [-0.4, -0.2) is 16.4 Å². The van der Waals surface area contributed by atoms with Gasteiger partial charge < -0.3 is 5.73 Å². The Morgan fingerprint density at radius 1 is 1.46 bits per heavy atom. The van der Waals surface area contributed by atoms with E-state index < -0.39 is 12.5 Å². The van der Waals surface area contributed by atoms with Crippen LogP contribution in [0.2, 0.25) is 5.28 Å². The fourth-order valence-corrected chi connectivity index (χ4v) is 1.09. The minimum absolute atomic E-state index is 0.0625. The number of nitrogens with two attached hydrogens (primary N) is 1. The fourth-order valence-electron chi connectivity index (χ4n) is 0.855. The summed E-state index contributed by atoms with van der Waals surface area (Å²) in [6.45, 7) is 1.63. The van der Waals surface area contributed by atoms with Gasteiger partial charge in [0, 0.05) is 5.69 Å². The standard InChI is InChI=1S/C7H8ClF2N3/c1-3-2-4(5(11)6(9)10)13-7(8)12-3/h2,5-6H,11H2,1H3. The number of hydrogen-bond acceptors (Lipinski definition) is 3. The number of hydrogen-bond donors (Lipinski definition) is 1. The minimum Gasteiger partial charge on any atom is -0.318 e. The van der Waals surface area contributed by atoms with Gasteiger partial charge in [0.25, 0.3) is 6.43 Å². The number of aromatic nitrogens is 2. The van der Waals surface area contributed by atoms with Crippen molar-refractivity contribution in [2.75, 3.05) is 0 Å². The smallest absolute Gasteiger partial charge is 0.259 e. The predicted octanol–water partition coefficient (Wildman–Crippen LogP) is 1.70. The van der Waals surface area contributed by atoms with Gasteiger partial charge in [-0.25, -0.2) is 18.7 Å². The van der Waals surface area contributed by atoms with Crippen molar-refractivity contribution in [3.8, 4) is 0 Å². The zero-order valence-electron chi connectivity index (χ0n) is 6.84. The summed E-state index contributed by atoms with van der Waals surface area (Å²) in [4.78, 5) is 7.33. The predicted molar refractivity (Wildman–Crippen MR) is 44.7 cm³/mol. The van der Waals surface area contributed by atoms with Gasteiger partial charge in [0.1, 0.15) is 6.04 Å². The summed E-state index contributed by atoms with van der Waals surface area (Å²) in [6, 6.07) is -0.0119. The highest BCUT2D eigenvalue weighted by molar-refractivity contribution is 6.28. The van der Waals surface area contributed by atoms with E-state index in [0.717, 1.165) is 0 Å². The maximum absolute atomic E-state index is 12.1. The summed E-state index contributed by atoms with van der Waals surface area (Å²) in [6.07, 6.45) is -2.65. The molecule has 0 amide bonds. The van der Waals surface area contributed by atoms with E-state index in [-0.39, 0.29) is 11.0 Å². The third-order valence-corrected chi connectivity index (χ3v) is 1.63. The molecule has 1 atom stereocenters. The Bertz CT molecular complexity index is 286. The van der Waals surface area contributed by atoms with Crippen molar-refractivity contribution >= 4 is 11.6 Å². The van der Waals surface area contributed by atoms with E-state index in [2.05, 4.69) is 9.97 Å². The molecule has 1 rings (SSSR count). The molecule has 0 fully saturated rings. The summed E-state index contributed by atoms with van der Waals surface area (Å²) in [5, 5.41) is -0.0638. The average molecular weight is 208 g/mol. The Morgan fingerprint density at radius 3 is 2.54 bits per heavy atom. The van der Waals surface area contributed by atoms with Crippen LogP contribution in [0.15, 0.2) is 6.07 Å². The van der Waals surface area contributed by atoms with Gasteiger partial charge in [-0.1, -0.05) is 0 Å². The first-order valence-electron chi connectivity index (χ1n) is 3.55. The molecule has 13 heavy (non-hydrogen) atoms. The van der Waals surface area contributed by atoms with Gasteiger partial charge in [-0.15, -0.1) is 0 Å². The van der Waals surface area contributed by atoms with Crippen molar-refractivity contribution in [1.82, 2.24) is 9.97 Å². The molecule has 2 N–H and O–H groups in total. The SMILES string of the molecule is Cc1cc(C(N)C(F)F)nc(Cl)n1. The summed E-state index contributed by atoms with van der Waals surface area (Å²) in [5.41, 5.74) is 5.76. The number of alkyl halides is 2. The highest BCUT2D eigenvalue weighted by atomic mass is 35.5. The van der Waals surface area contributed by atoms with Crippen molar-refractivity contribution < 1.29 is 8.78 Å². The van der Waals surface area contributed by atoms with Gasteiger partial charge in [0.15, 0.2) is 0 Å². The first-order valence-corrected chi connectivity index (χ1v) is 3.93. The quantitative estimate of drug-likeness (QED) is 0.751. The second-order valence-electron chi connectivity index (χ2n) is 2.56. The van der Waals surface area contributed by atoms with Crippen LogP contribution in [-0.2, 0) is 0 Å². The van der Waals surface area contributed by atoms with Crippen LogP contribution in [0.5, 0.6) is 0 Å². The molecule has 3 nitrogen and oxygen atoms in total. The third-order valence-electron chi connectivity index (χ3n) is 1.46. The monoisotopic (exact) mass is 207 g/mol. The zero-order chi connectivity index (χ0) is 10.0. The first-order chi connectivity index (χ1) is 6.00. The van der Waals surface area contributed by atoms with Gasteiger partial charge >= 0.3 is 0 Å². The molecule has 0 aliphatic rings. The molecular weight excluding hydrogens is 200 g/mol. The maximum Gasteiger partial charge on any atom is 0.259 e. The van der Waals surface area contributed by atoms with Crippen LogP contribution in [0.25, 0.3) is 0 Å². The van der Waals surface area contributed by atoms with Gasteiger partial charge in [-0.2, -0.15) is 0 Å². The second kappa shape index (κ2) is 3.93. The largest absolute Gasteiger partial charge is 0.318 e. The van der Waals surface area contributed by atoms with Crippen molar-refractivity contribution in [2.45, 2.75) is 19.4 Å². The summed E-state index contributed by atoms with van der Waals surface area (Å²) >= 11 is 5.48. The van der Waals surface area contributed by atoms with E-state index in [9.17, 15) is 8.78 Å². The minimum atomic E-state index is -2.65. The molecule has 1 aromatic rings. The van der Waals surface area contributed by atoms with E-state index >= 15 is 0 Å². The van der Waals surface area contributed by atoms with E-state index in [1.54, 1.807) is 6.92 Å². The molecular formula is C7H8ClF2N3. The van der Waals surface area contributed by atoms with Crippen molar-refractivity contribution in [3.05, 3.63) is 22.7 Å². The van der Waals surface area contributed by atoms with Crippen LogP contribution in [0.4, 0.5) is 8.78 Å². The van der Waals surface area contributed by atoms with Crippen LogP contribution >= 0.6 is 11.6 Å². The molecule has 0 aliphatic heterocycles. The molecule has 72 valence electrons. The van der Waals surface area contributed by atoms with Crippen molar-refractivity contribution in [1.29, 1.82) is 0 Å². The zero-order valence-corrected chi connectivity index (χ0v) is 7.59. The molecule has 1 heterocycles. The maximum atomic E-state index is 12.1. The molecule has 1 aromatic heterocycles. The summed E-state index contributed by atoms with van der Waals surface area (Å²) in [7, 11) is 0. The van der Waals surface area contributed by atoms with Gasteiger partial charge in [-0.3, -0.25) is 0 Å². The Balaban J connectivity index is 3.01. The molecule has 0 radical (unpaired) electrons. The number of aryl methyl sites for hydroxylation is 1. The van der Waals surface area contributed by atoms with Crippen molar-refractivity contribution in [3.63, 3.8) is 0 Å². The van der Waals surface area contributed by atoms with Crippen LogP contribution in [0.3, 0.4) is 0 Å². The average Bonchev–Trinajstić information content (AvgIpc) is 2.01. The van der Waals surface area contributed by atoms with Crippen LogP contribution in [0, 0.1) is 6.92 Å². The van der Waals surface area contributed by atoms with E-state index in [0.29, 0.717) is 5.69 Å². The lowest BCUT2D eigenvalue weighted by atomic mass is 10.2. The lowest BCUT2D eigenvalue weighted by Crippen LogP contribution is -2.20. The summed E-state index contributed by atoms with van der Waals surface area (Å²) in [5.74, 6) is 0. The molecule has 1 unspecified atom stereocenters. The number of rotatable bonds is 2.